The van der Waals surface area contributed by atoms with E-state index in [1.807, 2.05) is 23.2 Å². The molecule has 33 heavy (non-hydrogen) atoms. The van der Waals surface area contributed by atoms with Gasteiger partial charge < -0.3 is 14.6 Å². The van der Waals surface area contributed by atoms with Gasteiger partial charge in [0.25, 0.3) is 0 Å². The van der Waals surface area contributed by atoms with Gasteiger partial charge in [-0.3, -0.25) is 9.59 Å². The van der Waals surface area contributed by atoms with Crippen molar-refractivity contribution in [2.24, 2.45) is 5.92 Å². The summed E-state index contributed by atoms with van der Waals surface area (Å²) in [4.78, 5) is 30.6. The molecule has 0 aliphatic carbocycles. The minimum absolute atomic E-state index is 0.0209. The van der Waals surface area contributed by atoms with E-state index in [2.05, 4.69) is 24.0 Å². The molecule has 1 aliphatic heterocycles. The number of carbonyl (C=O) groups excluding carboxylic acids is 2. The summed E-state index contributed by atoms with van der Waals surface area (Å²) >= 11 is 0. The molecule has 0 saturated carbocycles. The molecular weight excluding hydrogens is 419 g/mol. The third kappa shape index (κ3) is 4.95. The van der Waals surface area contributed by atoms with Crippen molar-refractivity contribution >= 4 is 22.8 Å². The Morgan fingerprint density at radius 1 is 1.15 bits per heavy atom. The first-order valence-electron chi connectivity index (χ1n) is 11.8. The number of aromatic amines is 1. The second-order valence-electron chi connectivity index (χ2n) is 8.66. The number of nitrogens with one attached hydrogen (secondary N) is 1. The molecule has 0 unspecified atom stereocenters. The van der Waals surface area contributed by atoms with E-state index in [1.54, 1.807) is 13.0 Å². The lowest BCUT2D eigenvalue weighted by molar-refractivity contribution is -0.151. The molecule has 2 heterocycles. The molecule has 0 spiro atoms. The number of hydrogen-bond donors (Lipinski definition) is 1. The van der Waals surface area contributed by atoms with Crippen LogP contribution in [-0.2, 0) is 20.7 Å². The summed E-state index contributed by atoms with van der Waals surface area (Å²) in [5, 5.41) is 1.07. The van der Waals surface area contributed by atoms with Crippen LogP contribution in [0.5, 0.6) is 0 Å². The zero-order valence-electron chi connectivity index (χ0n) is 19.3. The molecule has 1 aromatic heterocycles. The molecular formula is C27H31FN2O3. The number of aromatic nitrogens is 1. The Kier molecular flexibility index (Phi) is 7.11. The number of likely N-dealkylation sites (tertiary alicyclic amines) is 1. The van der Waals surface area contributed by atoms with E-state index in [1.165, 1.54) is 17.7 Å². The number of H-pyrrole nitrogens is 1. The first kappa shape index (κ1) is 23.0. The van der Waals surface area contributed by atoms with Crippen molar-refractivity contribution in [3.63, 3.8) is 0 Å². The quantitative estimate of drug-likeness (QED) is 0.504. The Morgan fingerprint density at radius 3 is 2.61 bits per heavy atom. The highest BCUT2D eigenvalue weighted by molar-refractivity contribution is 5.88. The van der Waals surface area contributed by atoms with Crippen molar-refractivity contribution < 1.29 is 18.7 Å². The minimum atomic E-state index is -0.311. The zero-order valence-corrected chi connectivity index (χ0v) is 19.3. The summed E-state index contributed by atoms with van der Waals surface area (Å²) in [5.41, 5.74) is 4.07. The molecule has 1 saturated heterocycles. The highest BCUT2D eigenvalue weighted by Gasteiger charge is 2.30. The van der Waals surface area contributed by atoms with Gasteiger partial charge in [-0.15, -0.1) is 0 Å². The van der Waals surface area contributed by atoms with Crippen LogP contribution in [-0.4, -0.2) is 41.5 Å². The van der Waals surface area contributed by atoms with Crippen LogP contribution in [0.3, 0.4) is 0 Å². The number of hydrogen-bond acceptors (Lipinski definition) is 3. The van der Waals surface area contributed by atoms with E-state index in [9.17, 15) is 14.0 Å². The SMILES string of the molecule is CCOC(=O)C1CCN(C(=O)C[C@@H](c2cccc(F)c2)c2c[nH]c3c(CC)cccc23)CC1. The summed E-state index contributed by atoms with van der Waals surface area (Å²) in [6.45, 7) is 5.36. The van der Waals surface area contributed by atoms with Crippen molar-refractivity contribution in [1.29, 1.82) is 0 Å². The second kappa shape index (κ2) is 10.2. The number of halogens is 1. The molecule has 1 N–H and O–H groups in total. The number of rotatable bonds is 7. The van der Waals surface area contributed by atoms with Crippen molar-refractivity contribution in [3.8, 4) is 0 Å². The fraction of sp³-hybridized carbons (Fsp3) is 0.407. The minimum Gasteiger partial charge on any atom is -0.466 e. The molecule has 1 aliphatic rings. The number of para-hydroxylation sites is 1. The van der Waals surface area contributed by atoms with Gasteiger partial charge in [0.05, 0.1) is 12.5 Å². The molecule has 174 valence electrons. The van der Waals surface area contributed by atoms with Crippen molar-refractivity contribution in [1.82, 2.24) is 9.88 Å². The largest absolute Gasteiger partial charge is 0.466 e. The molecule has 1 amide bonds. The number of piperidine rings is 1. The van der Waals surface area contributed by atoms with E-state index < -0.39 is 0 Å². The average Bonchev–Trinajstić information content (AvgIpc) is 3.26. The van der Waals surface area contributed by atoms with Crippen LogP contribution in [0.25, 0.3) is 10.9 Å². The van der Waals surface area contributed by atoms with Crippen LogP contribution in [0, 0.1) is 11.7 Å². The van der Waals surface area contributed by atoms with Gasteiger partial charge in [-0.1, -0.05) is 37.3 Å². The summed E-state index contributed by atoms with van der Waals surface area (Å²) in [6, 6.07) is 12.7. The fourth-order valence-corrected chi connectivity index (χ4v) is 4.88. The molecule has 6 heteroatoms. The van der Waals surface area contributed by atoms with Crippen molar-refractivity contribution in [2.45, 2.75) is 45.4 Å². The Morgan fingerprint density at radius 2 is 1.91 bits per heavy atom. The topological polar surface area (TPSA) is 62.4 Å². The summed E-state index contributed by atoms with van der Waals surface area (Å²) in [7, 11) is 0. The summed E-state index contributed by atoms with van der Waals surface area (Å²) < 4.78 is 19.3. The zero-order chi connectivity index (χ0) is 23.4. The number of carbonyl (C=O) groups is 2. The molecule has 0 radical (unpaired) electrons. The monoisotopic (exact) mass is 450 g/mol. The first-order valence-corrected chi connectivity index (χ1v) is 11.8. The van der Waals surface area contributed by atoms with Crippen LogP contribution >= 0.6 is 0 Å². The molecule has 1 fully saturated rings. The van der Waals surface area contributed by atoms with E-state index in [4.69, 9.17) is 4.74 Å². The third-order valence-corrected chi connectivity index (χ3v) is 6.69. The lowest BCUT2D eigenvalue weighted by Gasteiger charge is -2.32. The Bertz CT molecular complexity index is 1130. The van der Waals surface area contributed by atoms with Crippen molar-refractivity contribution in [2.75, 3.05) is 19.7 Å². The van der Waals surface area contributed by atoms with Gasteiger partial charge in [-0.25, -0.2) is 4.39 Å². The van der Waals surface area contributed by atoms with Crippen LogP contribution < -0.4 is 0 Å². The molecule has 3 aromatic rings. The number of esters is 1. The molecule has 4 rings (SSSR count). The summed E-state index contributed by atoms with van der Waals surface area (Å²) in [5.74, 6) is -0.874. The maximum absolute atomic E-state index is 14.1. The standard InChI is InChI=1S/C27H31FN2O3/c1-3-18-7-6-10-22-24(17-29-26(18)22)23(20-8-5-9-21(28)15-20)16-25(31)30-13-11-19(12-14-30)27(32)33-4-2/h5-10,15,17,19,23,29H,3-4,11-14,16H2,1-2H3/t23-/m0/s1. The Labute approximate surface area is 193 Å². The predicted octanol–water partition coefficient (Wildman–Crippen LogP) is 5.19. The average molecular weight is 451 g/mol. The van der Waals surface area contributed by atoms with Crippen LogP contribution in [0.4, 0.5) is 4.39 Å². The van der Waals surface area contributed by atoms with E-state index in [-0.39, 0.29) is 36.0 Å². The Hall–Kier alpha value is -3.15. The van der Waals surface area contributed by atoms with E-state index in [0.29, 0.717) is 32.5 Å². The number of benzene rings is 2. The van der Waals surface area contributed by atoms with Crippen molar-refractivity contribution in [3.05, 3.63) is 71.2 Å². The van der Waals surface area contributed by atoms with Crippen LogP contribution in [0.1, 0.15) is 55.7 Å². The van der Waals surface area contributed by atoms with Gasteiger partial charge in [0.2, 0.25) is 5.91 Å². The van der Waals surface area contributed by atoms with Crippen LogP contribution in [0.15, 0.2) is 48.7 Å². The Balaban J connectivity index is 1.59. The van der Waals surface area contributed by atoms with Gasteiger partial charge >= 0.3 is 5.97 Å². The first-order chi connectivity index (χ1) is 16.0. The van der Waals surface area contributed by atoms with Gasteiger partial charge in [-0.2, -0.15) is 0 Å². The van der Waals surface area contributed by atoms with Gasteiger partial charge in [0, 0.05) is 42.5 Å². The normalized spacial score (nSPS) is 15.5. The van der Waals surface area contributed by atoms with E-state index >= 15 is 0 Å². The number of fused-ring (bicyclic) bond motifs is 1. The lowest BCUT2D eigenvalue weighted by atomic mass is 9.87. The molecule has 1 atom stereocenters. The van der Waals surface area contributed by atoms with E-state index in [0.717, 1.165) is 28.5 Å². The highest BCUT2D eigenvalue weighted by atomic mass is 19.1. The number of nitrogens with zero attached hydrogens (tertiary/aromatic N) is 1. The van der Waals surface area contributed by atoms with Gasteiger partial charge in [0.15, 0.2) is 0 Å². The number of amides is 1. The molecule has 5 nitrogen and oxygen atoms in total. The fourth-order valence-electron chi connectivity index (χ4n) is 4.88. The lowest BCUT2D eigenvalue weighted by Crippen LogP contribution is -2.41. The number of ether oxygens (including phenoxy) is 1. The number of aryl methyl sites for hydroxylation is 1. The van der Waals surface area contributed by atoms with Gasteiger partial charge in [0.1, 0.15) is 5.82 Å². The maximum atomic E-state index is 14.1. The smallest absolute Gasteiger partial charge is 0.309 e. The maximum Gasteiger partial charge on any atom is 0.309 e. The highest BCUT2D eigenvalue weighted by Crippen LogP contribution is 2.35. The van der Waals surface area contributed by atoms with Crippen LogP contribution in [0.2, 0.25) is 0 Å². The molecule has 0 bridgehead atoms. The molecule has 2 aromatic carbocycles. The third-order valence-electron chi connectivity index (χ3n) is 6.69. The van der Waals surface area contributed by atoms with Gasteiger partial charge in [-0.05, 0) is 55.0 Å². The second-order valence-corrected chi connectivity index (χ2v) is 8.66. The summed E-state index contributed by atoms with van der Waals surface area (Å²) in [6.07, 6.45) is 4.33. The predicted molar refractivity (Wildman–Crippen MR) is 126 cm³/mol.